The molecule has 2 fully saturated rings. The number of carbonyl (C=O) groups excluding carboxylic acids is 1. The first-order valence-corrected chi connectivity index (χ1v) is 11.6. The third-order valence-electron chi connectivity index (χ3n) is 6.69. The smallest absolute Gasteiger partial charge is 0.225 e. The van der Waals surface area contributed by atoms with Crippen LogP contribution in [0.25, 0.3) is 5.82 Å². The molecule has 172 valence electrons. The molecule has 3 aromatic rings. The summed E-state index contributed by atoms with van der Waals surface area (Å²) in [6.45, 7) is 7.95. The molecule has 0 N–H and O–H groups in total. The Morgan fingerprint density at radius 2 is 1.79 bits per heavy atom. The van der Waals surface area contributed by atoms with Crippen LogP contribution in [0.2, 0.25) is 0 Å². The van der Waals surface area contributed by atoms with Crippen molar-refractivity contribution in [2.24, 2.45) is 5.92 Å². The van der Waals surface area contributed by atoms with Crippen LogP contribution in [0.5, 0.6) is 0 Å². The molecule has 2 aliphatic heterocycles. The molecular formula is C24H30N8O. The van der Waals surface area contributed by atoms with E-state index in [0.717, 1.165) is 76.1 Å². The second-order valence-electron chi connectivity index (χ2n) is 8.80. The van der Waals surface area contributed by atoms with Gasteiger partial charge in [0.25, 0.3) is 0 Å². The fraction of sp³-hybridized carbons (Fsp3) is 0.458. The van der Waals surface area contributed by atoms with E-state index in [-0.39, 0.29) is 5.92 Å². The lowest BCUT2D eigenvalue weighted by Crippen LogP contribution is -2.51. The SMILES string of the molecule is Cc1nccn1-c1cc(N2CCC(C(=O)N3CCN(Cc4cccnc4)CC3)CC2)ncn1. The Morgan fingerprint density at radius 1 is 1.00 bits per heavy atom. The lowest BCUT2D eigenvalue weighted by atomic mass is 9.95. The summed E-state index contributed by atoms with van der Waals surface area (Å²) in [7, 11) is 0. The van der Waals surface area contributed by atoms with Crippen LogP contribution >= 0.6 is 0 Å². The van der Waals surface area contributed by atoms with E-state index in [1.165, 1.54) is 5.56 Å². The number of aryl methyl sites for hydroxylation is 1. The number of amides is 1. The lowest BCUT2D eigenvalue weighted by molar-refractivity contribution is -0.138. The highest BCUT2D eigenvalue weighted by atomic mass is 16.2. The van der Waals surface area contributed by atoms with Gasteiger partial charge in [0, 0.05) is 82.6 Å². The molecule has 2 aliphatic rings. The van der Waals surface area contributed by atoms with Crippen molar-refractivity contribution in [2.75, 3.05) is 44.2 Å². The second kappa shape index (κ2) is 9.66. The van der Waals surface area contributed by atoms with Crippen LogP contribution in [-0.2, 0) is 11.3 Å². The molecule has 0 unspecified atom stereocenters. The van der Waals surface area contributed by atoms with Crippen LogP contribution in [0.3, 0.4) is 0 Å². The molecule has 9 heteroatoms. The maximum Gasteiger partial charge on any atom is 0.225 e. The first kappa shape index (κ1) is 21.5. The summed E-state index contributed by atoms with van der Waals surface area (Å²) in [5.41, 5.74) is 1.22. The van der Waals surface area contributed by atoms with E-state index in [4.69, 9.17) is 0 Å². The van der Waals surface area contributed by atoms with Crippen LogP contribution in [0.4, 0.5) is 5.82 Å². The summed E-state index contributed by atoms with van der Waals surface area (Å²) in [4.78, 5) is 37.2. The minimum Gasteiger partial charge on any atom is -0.356 e. The van der Waals surface area contributed by atoms with E-state index in [0.29, 0.717) is 5.91 Å². The third kappa shape index (κ3) is 4.88. The highest BCUT2D eigenvalue weighted by Gasteiger charge is 2.31. The molecule has 0 radical (unpaired) electrons. The molecule has 5 rings (SSSR count). The zero-order valence-electron chi connectivity index (χ0n) is 19.0. The second-order valence-corrected chi connectivity index (χ2v) is 8.80. The molecule has 9 nitrogen and oxygen atoms in total. The van der Waals surface area contributed by atoms with Crippen LogP contribution < -0.4 is 4.90 Å². The molecule has 0 atom stereocenters. The van der Waals surface area contributed by atoms with E-state index in [1.807, 2.05) is 36.0 Å². The topological polar surface area (TPSA) is 83.3 Å². The molecule has 0 aromatic carbocycles. The van der Waals surface area contributed by atoms with Gasteiger partial charge in [-0.05, 0) is 31.4 Å². The lowest BCUT2D eigenvalue weighted by Gasteiger charge is -2.38. The Bertz CT molecular complexity index is 1070. The monoisotopic (exact) mass is 446 g/mol. The van der Waals surface area contributed by atoms with Crippen LogP contribution in [0.1, 0.15) is 24.2 Å². The van der Waals surface area contributed by atoms with E-state index in [9.17, 15) is 4.79 Å². The fourth-order valence-electron chi connectivity index (χ4n) is 4.75. The average Bonchev–Trinajstić information content (AvgIpc) is 3.31. The largest absolute Gasteiger partial charge is 0.356 e. The Hall–Kier alpha value is -3.33. The predicted molar refractivity (Wildman–Crippen MR) is 125 cm³/mol. The zero-order chi connectivity index (χ0) is 22.6. The molecule has 0 saturated carbocycles. The number of imidazole rings is 1. The summed E-state index contributed by atoms with van der Waals surface area (Å²) < 4.78 is 1.95. The normalized spacial score (nSPS) is 18.0. The average molecular weight is 447 g/mol. The maximum atomic E-state index is 13.2. The van der Waals surface area contributed by atoms with Gasteiger partial charge in [0.15, 0.2) is 0 Å². The number of hydrogen-bond acceptors (Lipinski definition) is 7. The van der Waals surface area contributed by atoms with Gasteiger partial charge in [-0.3, -0.25) is 19.2 Å². The van der Waals surface area contributed by atoms with E-state index in [2.05, 4.69) is 40.7 Å². The van der Waals surface area contributed by atoms with Gasteiger partial charge < -0.3 is 9.80 Å². The number of carbonyl (C=O) groups is 1. The quantitative estimate of drug-likeness (QED) is 0.592. The molecule has 5 heterocycles. The van der Waals surface area contributed by atoms with E-state index < -0.39 is 0 Å². The van der Waals surface area contributed by atoms with Crippen molar-refractivity contribution in [3.05, 3.63) is 60.7 Å². The number of nitrogens with zero attached hydrogens (tertiary/aromatic N) is 8. The number of piperidine rings is 1. The van der Waals surface area contributed by atoms with Crippen molar-refractivity contribution in [1.82, 2.24) is 34.3 Å². The molecule has 2 saturated heterocycles. The molecule has 0 spiro atoms. The minimum absolute atomic E-state index is 0.100. The van der Waals surface area contributed by atoms with Crippen molar-refractivity contribution < 1.29 is 4.79 Å². The maximum absolute atomic E-state index is 13.2. The van der Waals surface area contributed by atoms with Crippen molar-refractivity contribution in [1.29, 1.82) is 0 Å². The summed E-state index contributed by atoms with van der Waals surface area (Å²) in [5.74, 6) is 3.03. The number of piperazine rings is 1. The number of rotatable bonds is 5. The number of pyridine rings is 1. The van der Waals surface area contributed by atoms with E-state index >= 15 is 0 Å². The number of hydrogen-bond donors (Lipinski definition) is 0. The van der Waals surface area contributed by atoms with Gasteiger partial charge in [0.1, 0.15) is 23.8 Å². The number of anilines is 1. The van der Waals surface area contributed by atoms with Gasteiger partial charge >= 0.3 is 0 Å². The Kier molecular flexibility index (Phi) is 6.30. The van der Waals surface area contributed by atoms with Crippen LogP contribution in [0, 0.1) is 12.8 Å². The molecular weight excluding hydrogens is 416 g/mol. The summed E-state index contributed by atoms with van der Waals surface area (Å²) >= 11 is 0. The molecule has 1 amide bonds. The summed E-state index contributed by atoms with van der Waals surface area (Å²) in [6, 6.07) is 6.08. The van der Waals surface area contributed by atoms with E-state index in [1.54, 1.807) is 18.7 Å². The minimum atomic E-state index is 0.100. The van der Waals surface area contributed by atoms with Crippen molar-refractivity contribution >= 4 is 11.7 Å². The first-order valence-electron chi connectivity index (χ1n) is 11.6. The van der Waals surface area contributed by atoms with Gasteiger partial charge in [0.05, 0.1) is 0 Å². The first-order chi connectivity index (χ1) is 16.2. The van der Waals surface area contributed by atoms with Gasteiger partial charge in [-0.1, -0.05) is 6.07 Å². The third-order valence-corrected chi connectivity index (χ3v) is 6.69. The van der Waals surface area contributed by atoms with Crippen LogP contribution in [0.15, 0.2) is 49.3 Å². The molecule has 3 aromatic heterocycles. The summed E-state index contributed by atoms with van der Waals surface area (Å²) in [6.07, 6.45) is 10.7. The van der Waals surface area contributed by atoms with Gasteiger partial charge in [-0.2, -0.15) is 0 Å². The zero-order valence-corrected chi connectivity index (χ0v) is 19.0. The van der Waals surface area contributed by atoms with Crippen molar-refractivity contribution in [3.8, 4) is 5.82 Å². The van der Waals surface area contributed by atoms with Crippen molar-refractivity contribution in [2.45, 2.75) is 26.3 Å². The molecule has 0 aliphatic carbocycles. The molecule has 0 bridgehead atoms. The van der Waals surface area contributed by atoms with Gasteiger partial charge in [-0.15, -0.1) is 0 Å². The van der Waals surface area contributed by atoms with Crippen molar-refractivity contribution in [3.63, 3.8) is 0 Å². The Balaban J connectivity index is 1.13. The highest BCUT2D eigenvalue weighted by molar-refractivity contribution is 5.79. The standard InChI is InChI=1S/C24H30N8O/c1-19-26-7-10-32(19)23-15-22(27-18-28-23)30-8-4-21(5-9-30)24(33)31-13-11-29(12-14-31)17-20-3-2-6-25-16-20/h2-3,6-7,10,15-16,18,21H,4-5,8-9,11-14,17H2,1H3. The highest BCUT2D eigenvalue weighted by Crippen LogP contribution is 2.25. The van der Waals surface area contributed by atoms with Gasteiger partial charge in [0.2, 0.25) is 5.91 Å². The van der Waals surface area contributed by atoms with Gasteiger partial charge in [-0.25, -0.2) is 15.0 Å². The van der Waals surface area contributed by atoms with Crippen LogP contribution in [-0.4, -0.2) is 79.5 Å². The fourth-order valence-corrected chi connectivity index (χ4v) is 4.75. The number of aromatic nitrogens is 5. The Morgan fingerprint density at radius 3 is 2.48 bits per heavy atom. The Labute approximate surface area is 194 Å². The summed E-state index contributed by atoms with van der Waals surface area (Å²) in [5, 5.41) is 0. The predicted octanol–water partition coefficient (Wildman–Crippen LogP) is 1.93. The molecule has 33 heavy (non-hydrogen) atoms.